The number of nitrogens with one attached hydrogen (secondary N) is 2. The Hall–Kier alpha value is -2.60. The third-order valence-electron chi connectivity index (χ3n) is 3.41. The molecule has 0 saturated heterocycles. The Bertz CT molecular complexity index is 873. The third-order valence-corrected chi connectivity index (χ3v) is 4.32. The number of carbonyl (C=O) groups is 1. The molecule has 0 saturated carbocycles. The Labute approximate surface area is 138 Å². The first-order valence-corrected chi connectivity index (χ1v) is 7.97. The first kappa shape index (κ1) is 15.3. The maximum atomic E-state index is 12.2. The van der Waals surface area contributed by atoms with Crippen LogP contribution in [0.4, 0.5) is 15.6 Å². The number of urea groups is 1. The van der Waals surface area contributed by atoms with Crippen LogP contribution in [0.3, 0.4) is 0 Å². The summed E-state index contributed by atoms with van der Waals surface area (Å²) in [5.74, 6) is 0.610. The van der Waals surface area contributed by atoms with Crippen molar-refractivity contribution in [1.29, 1.82) is 0 Å². The molecule has 1 aromatic heterocycles. The fraction of sp³-hybridized carbons (Fsp3) is 0.176. The molecule has 1 heterocycles. The molecule has 5 nitrogen and oxygen atoms in total. The van der Waals surface area contributed by atoms with Crippen LogP contribution >= 0.6 is 11.3 Å². The van der Waals surface area contributed by atoms with Gasteiger partial charge < -0.3 is 10.1 Å². The number of fused-ring (bicyclic) bond motifs is 1. The number of nitrogens with zero attached hydrogens (tertiary/aromatic N) is 1. The number of benzene rings is 2. The maximum Gasteiger partial charge on any atom is 0.325 e. The summed E-state index contributed by atoms with van der Waals surface area (Å²) < 4.78 is 6.28. The molecule has 0 spiro atoms. The van der Waals surface area contributed by atoms with Crippen molar-refractivity contribution in [2.45, 2.75) is 13.8 Å². The number of hydrogen-bond donors (Lipinski definition) is 2. The molecule has 118 valence electrons. The predicted molar refractivity (Wildman–Crippen MR) is 94.7 cm³/mol. The Morgan fingerprint density at radius 2 is 1.96 bits per heavy atom. The number of anilines is 2. The van der Waals surface area contributed by atoms with E-state index in [4.69, 9.17) is 4.74 Å². The Morgan fingerprint density at radius 3 is 2.74 bits per heavy atom. The van der Waals surface area contributed by atoms with Crippen LogP contribution in [-0.4, -0.2) is 18.1 Å². The second kappa shape index (κ2) is 6.26. The molecule has 23 heavy (non-hydrogen) atoms. The van der Waals surface area contributed by atoms with Gasteiger partial charge in [-0.1, -0.05) is 29.5 Å². The van der Waals surface area contributed by atoms with Gasteiger partial charge in [-0.05, 0) is 43.2 Å². The van der Waals surface area contributed by atoms with Gasteiger partial charge in [0.25, 0.3) is 0 Å². The number of rotatable bonds is 3. The van der Waals surface area contributed by atoms with E-state index in [1.54, 1.807) is 19.2 Å². The van der Waals surface area contributed by atoms with Crippen molar-refractivity contribution < 1.29 is 9.53 Å². The van der Waals surface area contributed by atoms with Crippen LogP contribution in [0.1, 0.15) is 11.1 Å². The molecule has 2 amide bonds. The van der Waals surface area contributed by atoms with Crippen LogP contribution in [0.15, 0.2) is 36.4 Å². The average molecular weight is 327 g/mol. The molecule has 0 atom stereocenters. The number of methoxy groups -OCH3 is 1. The van der Waals surface area contributed by atoms with Crippen LogP contribution in [-0.2, 0) is 0 Å². The summed E-state index contributed by atoms with van der Waals surface area (Å²) in [7, 11) is 1.57. The lowest BCUT2D eigenvalue weighted by molar-refractivity contribution is 0.262. The van der Waals surface area contributed by atoms with Crippen molar-refractivity contribution >= 4 is 38.4 Å². The van der Waals surface area contributed by atoms with E-state index in [2.05, 4.69) is 27.8 Å². The minimum Gasteiger partial charge on any atom is -0.495 e. The summed E-state index contributed by atoms with van der Waals surface area (Å²) in [6.45, 7) is 4.07. The number of hydrogen-bond acceptors (Lipinski definition) is 4. The number of amides is 2. The second-order valence-electron chi connectivity index (χ2n) is 5.23. The normalized spacial score (nSPS) is 10.6. The third kappa shape index (κ3) is 3.27. The average Bonchev–Trinajstić information content (AvgIpc) is 2.90. The van der Waals surface area contributed by atoms with Gasteiger partial charge >= 0.3 is 6.03 Å². The Kier molecular flexibility index (Phi) is 4.16. The molecule has 0 radical (unpaired) electrons. The molecule has 3 rings (SSSR count). The van der Waals surface area contributed by atoms with Crippen LogP contribution in [0, 0.1) is 13.8 Å². The number of aromatic nitrogens is 1. The highest BCUT2D eigenvalue weighted by atomic mass is 32.1. The van der Waals surface area contributed by atoms with Gasteiger partial charge in [0.1, 0.15) is 5.75 Å². The van der Waals surface area contributed by atoms with Crippen LogP contribution < -0.4 is 15.4 Å². The monoisotopic (exact) mass is 327 g/mol. The van der Waals surface area contributed by atoms with E-state index < -0.39 is 0 Å². The lowest BCUT2D eigenvalue weighted by Crippen LogP contribution is -2.19. The Morgan fingerprint density at radius 1 is 1.17 bits per heavy atom. The molecule has 3 aromatic rings. The predicted octanol–water partition coefficient (Wildman–Crippen LogP) is 4.57. The fourth-order valence-corrected chi connectivity index (χ4v) is 3.46. The van der Waals surface area contributed by atoms with Crippen molar-refractivity contribution in [3.8, 4) is 5.75 Å². The van der Waals surface area contributed by atoms with E-state index >= 15 is 0 Å². The number of ether oxygens (including phenoxy) is 1. The minimum atomic E-state index is -0.345. The molecule has 0 aliphatic heterocycles. The highest BCUT2D eigenvalue weighted by Crippen LogP contribution is 2.29. The van der Waals surface area contributed by atoms with Gasteiger partial charge in [-0.25, -0.2) is 9.78 Å². The molecule has 0 aliphatic carbocycles. The van der Waals surface area contributed by atoms with Crippen LogP contribution in [0.25, 0.3) is 10.2 Å². The van der Waals surface area contributed by atoms with Gasteiger partial charge in [-0.15, -0.1) is 0 Å². The summed E-state index contributed by atoms with van der Waals surface area (Å²) in [5.41, 5.74) is 3.83. The van der Waals surface area contributed by atoms with Gasteiger partial charge in [0.15, 0.2) is 5.13 Å². The van der Waals surface area contributed by atoms with Gasteiger partial charge in [0.05, 0.1) is 23.0 Å². The Balaban J connectivity index is 1.79. The van der Waals surface area contributed by atoms with Crippen molar-refractivity contribution in [2.24, 2.45) is 0 Å². The first-order chi connectivity index (χ1) is 11.1. The standard InChI is InChI=1S/C17H17N3O2S/c1-10-8-11(2)15-14(9-10)23-17(19-15)20-16(21)18-12-6-4-5-7-13(12)22-3/h4-9H,1-3H3,(H2,18,19,20,21). The quantitative estimate of drug-likeness (QED) is 0.741. The molecule has 2 aromatic carbocycles. The lowest BCUT2D eigenvalue weighted by Gasteiger charge is -2.09. The largest absolute Gasteiger partial charge is 0.495 e. The van der Waals surface area contributed by atoms with Crippen molar-refractivity contribution in [3.63, 3.8) is 0 Å². The highest BCUT2D eigenvalue weighted by Gasteiger charge is 2.11. The van der Waals surface area contributed by atoms with Gasteiger partial charge in [0, 0.05) is 0 Å². The second-order valence-corrected chi connectivity index (χ2v) is 6.26. The molecular formula is C17H17N3O2S. The van der Waals surface area contributed by atoms with Crippen molar-refractivity contribution in [1.82, 2.24) is 4.98 Å². The summed E-state index contributed by atoms with van der Waals surface area (Å²) >= 11 is 1.46. The maximum absolute atomic E-state index is 12.2. The summed E-state index contributed by atoms with van der Waals surface area (Å²) in [6, 6.07) is 11.1. The molecule has 6 heteroatoms. The molecule has 0 bridgehead atoms. The highest BCUT2D eigenvalue weighted by molar-refractivity contribution is 7.22. The minimum absolute atomic E-state index is 0.345. The van der Waals surface area contributed by atoms with E-state index in [0.29, 0.717) is 16.6 Å². The fourth-order valence-electron chi connectivity index (χ4n) is 2.42. The number of thiazole rings is 1. The van der Waals surface area contributed by atoms with Gasteiger partial charge in [-0.3, -0.25) is 5.32 Å². The van der Waals surface area contributed by atoms with Gasteiger partial charge in [0.2, 0.25) is 0 Å². The van der Waals surface area contributed by atoms with Gasteiger partial charge in [-0.2, -0.15) is 0 Å². The zero-order valence-corrected chi connectivity index (χ0v) is 14.0. The summed E-state index contributed by atoms with van der Waals surface area (Å²) in [5, 5.41) is 6.12. The van der Waals surface area contributed by atoms with Crippen molar-refractivity contribution in [3.05, 3.63) is 47.5 Å². The zero-order valence-electron chi connectivity index (χ0n) is 13.1. The number of carbonyl (C=O) groups excluding carboxylic acids is 1. The first-order valence-electron chi connectivity index (χ1n) is 7.15. The van der Waals surface area contributed by atoms with Crippen molar-refractivity contribution in [2.75, 3.05) is 17.7 Å². The summed E-state index contributed by atoms with van der Waals surface area (Å²) in [4.78, 5) is 16.7. The lowest BCUT2D eigenvalue weighted by atomic mass is 10.1. The van der Waals surface area contributed by atoms with Crippen LogP contribution in [0.5, 0.6) is 5.75 Å². The SMILES string of the molecule is COc1ccccc1NC(=O)Nc1nc2c(C)cc(C)cc2s1. The number of aryl methyl sites for hydroxylation is 2. The van der Waals surface area contributed by atoms with E-state index in [1.165, 1.54) is 16.9 Å². The number of para-hydroxylation sites is 2. The van der Waals surface area contributed by atoms with Crippen LogP contribution in [0.2, 0.25) is 0 Å². The van der Waals surface area contributed by atoms with E-state index in [9.17, 15) is 4.79 Å². The molecule has 0 unspecified atom stereocenters. The smallest absolute Gasteiger partial charge is 0.325 e. The van der Waals surface area contributed by atoms with E-state index in [0.717, 1.165) is 15.8 Å². The van der Waals surface area contributed by atoms with E-state index in [1.807, 2.05) is 26.0 Å². The topological polar surface area (TPSA) is 63.2 Å². The molecule has 0 fully saturated rings. The molecule has 2 N–H and O–H groups in total. The zero-order chi connectivity index (χ0) is 16.4. The molecular weight excluding hydrogens is 310 g/mol. The summed E-state index contributed by atoms with van der Waals surface area (Å²) in [6.07, 6.45) is 0. The molecule has 0 aliphatic rings. The van der Waals surface area contributed by atoms with E-state index in [-0.39, 0.29) is 6.03 Å².